The summed E-state index contributed by atoms with van der Waals surface area (Å²) in [4.78, 5) is 28.4. The summed E-state index contributed by atoms with van der Waals surface area (Å²) in [5.74, 6) is -0.764. The van der Waals surface area contributed by atoms with Gasteiger partial charge in [-0.25, -0.2) is 4.99 Å². The Balaban J connectivity index is 2.31. The number of benzene rings is 2. The molecule has 3 rings (SSSR count). The van der Waals surface area contributed by atoms with E-state index < -0.39 is 23.1 Å². The molecule has 0 aliphatic carbocycles. The van der Waals surface area contributed by atoms with E-state index in [1.54, 1.807) is 30.3 Å². The first-order valence-corrected chi connectivity index (χ1v) is 7.77. The van der Waals surface area contributed by atoms with E-state index in [0.717, 1.165) is 4.90 Å². The maximum Gasteiger partial charge on any atom is 0.279 e. The Hall–Kier alpha value is -3.57. The Kier molecular flexibility index (Phi) is 4.47. The van der Waals surface area contributed by atoms with Crippen LogP contribution in [0.25, 0.3) is 0 Å². The number of hydrogen-bond acceptors (Lipinski definition) is 6. The van der Waals surface area contributed by atoms with Crippen LogP contribution in [-0.2, 0) is 4.79 Å². The molecule has 0 spiro atoms. The van der Waals surface area contributed by atoms with Gasteiger partial charge in [0, 0.05) is 23.3 Å². The standard InChI is InChI=1S/C18H14N4O4/c1-11(10-19)21-15-8-7-13(22(25)26)9-14(15)16(20-17(23)18(21)24)12-5-3-2-4-6-12/h2-9,11,17,23H,1H3. The zero-order valence-corrected chi connectivity index (χ0v) is 13.7. The van der Waals surface area contributed by atoms with Gasteiger partial charge in [0.2, 0.25) is 6.23 Å². The number of carbonyl (C=O) groups is 1. The maximum absolute atomic E-state index is 12.6. The quantitative estimate of drug-likeness (QED) is 0.670. The molecule has 2 aromatic rings. The van der Waals surface area contributed by atoms with Crippen molar-refractivity contribution < 1.29 is 14.8 Å². The zero-order valence-electron chi connectivity index (χ0n) is 13.7. The number of non-ortho nitro benzene ring substituents is 1. The van der Waals surface area contributed by atoms with Crippen molar-refractivity contribution in [2.24, 2.45) is 4.99 Å². The van der Waals surface area contributed by atoms with E-state index in [9.17, 15) is 25.3 Å². The summed E-state index contributed by atoms with van der Waals surface area (Å²) in [5.41, 5.74) is 1.25. The smallest absolute Gasteiger partial charge is 0.279 e. The average molecular weight is 350 g/mol. The van der Waals surface area contributed by atoms with Crippen LogP contribution in [0.15, 0.2) is 53.5 Å². The predicted molar refractivity (Wildman–Crippen MR) is 93.7 cm³/mol. The van der Waals surface area contributed by atoms with Gasteiger partial charge in [-0.3, -0.25) is 19.8 Å². The Morgan fingerprint density at radius 3 is 2.62 bits per heavy atom. The summed E-state index contributed by atoms with van der Waals surface area (Å²) in [6, 6.07) is 13.8. The van der Waals surface area contributed by atoms with Crippen molar-refractivity contribution in [3.63, 3.8) is 0 Å². The first-order chi connectivity index (χ1) is 12.4. The number of rotatable bonds is 3. The molecule has 1 aliphatic heterocycles. The maximum atomic E-state index is 12.6. The van der Waals surface area contributed by atoms with E-state index in [1.807, 2.05) is 6.07 Å². The summed E-state index contributed by atoms with van der Waals surface area (Å²) in [7, 11) is 0. The molecule has 0 radical (unpaired) electrons. The van der Waals surface area contributed by atoms with Gasteiger partial charge in [-0.05, 0) is 13.0 Å². The van der Waals surface area contributed by atoms with Crippen LogP contribution in [0, 0.1) is 21.4 Å². The van der Waals surface area contributed by atoms with Crippen molar-refractivity contribution in [1.29, 1.82) is 5.26 Å². The number of nitro groups is 1. The molecule has 0 fully saturated rings. The third-order valence-electron chi connectivity index (χ3n) is 4.04. The Labute approximate surface area is 148 Å². The van der Waals surface area contributed by atoms with Crippen LogP contribution in [0.5, 0.6) is 0 Å². The van der Waals surface area contributed by atoms with Crippen molar-refractivity contribution >= 4 is 23.0 Å². The molecule has 1 N–H and O–H groups in total. The molecule has 8 nitrogen and oxygen atoms in total. The number of anilines is 1. The SMILES string of the molecule is CC(C#N)N1C(=O)C(O)N=C(c2ccccc2)c2cc([N+](=O)[O-])ccc21. The molecule has 1 aliphatic rings. The monoisotopic (exact) mass is 350 g/mol. The number of nitro benzene ring substituents is 1. The molecule has 1 heterocycles. The van der Waals surface area contributed by atoms with Crippen molar-refractivity contribution in [3.05, 3.63) is 69.8 Å². The Morgan fingerprint density at radius 1 is 1.31 bits per heavy atom. The van der Waals surface area contributed by atoms with Crippen molar-refractivity contribution in [1.82, 2.24) is 0 Å². The highest BCUT2D eigenvalue weighted by Gasteiger charge is 2.34. The second-order valence-electron chi connectivity index (χ2n) is 5.69. The van der Waals surface area contributed by atoms with Gasteiger partial charge in [0.15, 0.2) is 0 Å². The molecular weight excluding hydrogens is 336 g/mol. The van der Waals surface area contributed by atoms with Gasteiger partial charge in [-0.1, -0.05) is 30.3 Å². The number of fused-ring (bicyclic) bond motifs is 1. The van der Waals surface area contributed by atoms with Gasteiger partial charge in [0.1, 0.15) is 6.04 Å². The lowest BCUT2D eigenvalue weighted by atomic mass is 9.99. The largest absolute Gasteiger partial charge is 0.364 e. The number of nitrogens with zero attached hydrogens (tertiary/aromatic N) is 4. The van der Waals surface area contributed by atoms with Crippen LogP contribution in [0.3, 0.4) is 0 Å². The van der Waals surface area contributed by atoms with Crippen LogP contribution in [0.2, 0.25) is 0 Å². The third-order valence-corrected chi connectivity index (χ3v) is 4.04. The van der Waals surface area contributed by atoms with Crippen molar-refractivity contribution in [2.75, 3.05) is 4.90 Å². The average Bonchev–Trinajstić information content (AvgIpc) is 2.76. The van der Waals surface area contributed by atoms with Gasteiger partial charge in [-0.2, -0.15) is 5.26 Å². The summed E-state index contributed by atoms with van der Waals surface area (Å²) in [6.07, 6.45) is -1.72. The van der Waals surface area contributed by atoms with Crippen LogP contribution in [0.1, 0.15) is 18.1 Å². The number of amides is 1. The molecule has 130 valence electrons. The Bertz CT molecular complexity index is 949. The molecule has 0 bridgehead atoms. The number of carbonyl (C=O) groups excluding carboxylic acids is 1. The lowest BCUT2D eigenvalue weighted by Crippen LogP contribution is -2.43. The van der Waals surface area contributed by atoms with Crippen molar-refractivity contribution in [3.8, 4) is 6.07 Å². The summed E-state index contributed by atoms with van der Waals surface area (Å²) in [6.45, 7) is 1.50. The third kappa shape index (κ3) is 2.92. The minimum atomic E-state index is -1.72. The number of hydrogen-bond donors (Lipinski definition) is 1. The molecular formula is C18H14N4O4. The molecule has 26 heavy (non-hydrogen) atoms. The predicted octanol–water partition coefficient (Wildman–Crippen LogP) is 2.01. The fourth-order valence-corrected chi connectivity index (χ4v) is 2.81. The molecule has 0 aromatic heterocycles. The summed E-state index contributed by atoms with van der Waals surface area (Å²) < 4.78 is 0. The first kappa shape index (κ1) is 17.3. The van der Waals surface area contributed by atoms with Gasteiger partial charge < -0.3 is 5.11 Å². The molecule has 0 saturated carbocycles. The zero-order chi connectivity index (χ0) is 18.8. The van der Waals surface area contributed by atoms with E-state index in [-0.39, 0.29) is 17.1 Å². The lowest BCUT2D eigenvalue weighted by molar-refractivity contribution is -0.384. The van der Waals surface area contributed by atoms with E-state index in [2.05, 4.69) is 4.99 Å². The first-order valence-electron chi connectivity index (χ1n) is 7.77. The van der Waals surface area contributed by atoms with E-state index in [4.69, 9.17) is 0 Å². The highest BCUT2D eigenvalue weighted by molar-refractivity contribution is 6.20. The Morgan fingerprint density at radius 2 is 2.00 bits per heavy atom. The fourth-order valence-electron chi connectivity index (χ4n) is 2.81. The minimum absolute atomic E-state index is 0.180. The normalized spacial score (nSPS) is 17.6. The van der Waals surface area contributed by atoms with Crippen LogP contribution in [-0.4, -0.2) is 33.9 Å². The summed E-state index contributed by atoms with van der Waals surface area (Å²) in [5, 5.41) is 30.7. The van der Waals surface area contributed by atoms with Crippen LogP contribution < -0.4 is 4.90 Å². The van der Waals surface area contributed by atoms with E-state index in [1.165, 1.54) is 25.1 Å². The number of nitriles is 1. The van der Waals surface area contributed by atoms with Crippen molar-refractivity contribution in [2.45, 2.75) is 19.2 Å². The molecule has 2 atom stereocenters. The fraction of sp³-hybridized carbons (Fsp3) is 0.167. The van der Waals surface area contributed by atoms with Crippen LogP contribution >= 0.6 is 0 Å². The second kappa shape index (κ2) is 6.74. The highest BCUT2D eigenvalue weighted by atomic mass is 16.6. The molecule has 8 heteroatoms. The minimum Gasteiger partial charge on any atom is -0.364 e. The topological polar surface area (TPSA) is 120 Å². The number of aliphatic hydroxyl groups is 1. The number of aliphatic imine (C=N–C) groups is 1. The van der Waals surface area contributed by atoms with E-state index >= 15 is 0 Å². The van der Waals surface area contributed by atoms with Gasteiger partial charge in [-0.15, -0.1) is 0 Å². The molecule has 0 saturated heterocycles. The summed E-state index contributed by atoms with van der Waals surface area (Å²) >= 11 is 0. The van der Waals surface area contributed by atoms with Gasteiger partial charge in [0.25, 0.3) is 11.6 Å². The number of benzodiazepines with no additional fused rings is 1. The van der Waals surface area contributed by atoms with Crippen LogP contribution in [0.4, 0.5) is 11.4 Å². The highest BCUT2D eigenvalue weighted by Crippen LogP contribution is 2.32. The lowest BCUT2D eigenvalue weighted by Gasteiger charge is -2.25. The van der Waals surface area contributed by atoms with Gasteiger partial charge in [0.05, 0.1) is 22.4 Å². The molecule has 2 aromatic carbocycles. The second-order valence-corrected chi connectivity index (χ2v) is 5.69. The van der Waals surface area contributed by atoms with E-state index in [0.29, 0.717) is 11.1 Å². The molecule has 2 unspecified atom stereocenters. The number of aliphatic hydroxyl groups excluding tert-OH is 1. The van der Waals surface area contributed by atoms with Gasteiger partial charge >= 0.3 is 0 Å². The molecule has 1 amide bonds.